The molecule has 0 N–H and O–H groups in total. The minimum atomic E-state index is -0.249. The topological polar surface area (TPSA) is 60.5 Å². The predicted molar refractivity (Wildman–Crippen MR) is 113 cm³/mol. The summed E-state index contributed by atoms with van der Waals surface area (Å²) in [7, 11) is 3.37. The first-order valence-corrected chi connectivity index (χ1v) is 11.4. The van der Waals surface area contributed by atoms with Crippen LogP contribution in [0, 0.1) is 5.41 Å². The van der Waals surface area contributed by atoms with E-state index in [4.69, 9.17) is 18.9 Å². The first-order valence-electron chi connectivity index (χ1n) is 11.4. The van der Waals surface area contributed by atoms with Crippen LogP contribution in [0.3, 0.4) is 0 Å². The van der Waals surface area contributed by atoms with Crippen LogP contribution in [0.1, 0.15) is 31.7 Å². The van der Waals surface area contributed by atoms with E-state index in [1.165, 1.54) is 11.3 Å². The number of fused-ring (bicyclic) bond motifs is 1. The average Bonchev–Trinajstić information content (AvgIpc) is 3.40. The van der Waals surface area contributed by atoms with Crippen LogP contribution in [0.5, 0.6) is 17.2 Å². The Balaban J connectivity index is 1.53. The largest absolute Gasteiger partial charge is 0.493 e. The number of esters is 1. The van der Waals surface area contributed by atoms with Crippen LogP contribution in [0.15, 0.2) is 18.2 Å². The van der Waals surface area contributed by atoms with E-state index in [0.29, 0.717) is 18.8 Å². The summed E-state index contributed by atoms with van der Waals surface area (Å²) in [4.78, 5) is 17.7. The Hall–Kier alpha value is -2.41. The number of methoxy groups -OCH3 is 2. The van der Waals surface area contributed by atoms with E-state index >= 15 is 0 Å². The fourth-order valence-corrected chi connectivity index (χ4v) is 8.06. The number of hydrogen-bond acceptors (Lipinski definition) is 7. The summed E-state index contributed by atoms with van der Waals surface area (Å²) in [5, 5.41) is 0. The number of hydrogen-bond donors (Lipinski definition) is 0. The zero-order valence-corrected chi connectivity index (χ0v) is 18.2. The molecule has 6 atom stereocenters. The van der Waals surface area contributed by atoms with Gasteiger partial charge in [-0.1, -0.05) is 12.2 Å². The molecule has 5 heterocycles. The maximum Gasteiger partial charge on any atom is 0.307 e. The molecule has 6 aliphatic rings. The number of nitrogens with zero attached hydrogens (tertiary/aromatic N) is 2. The summed E-state index contributed by atoms with van der Waals surface area (Å²) < 4.78 is 23.8. The van der Waals surface area contributed by atoms with Crippen LogP contribution in [0.25, 0.3) is 0 Å². The highest BCUT2D eigenvalue weighted by atomic mass is 16.6. The molecule has 0 radical (unpaired) electrons. The van der Waals surface area contributed by atoms with Gasteiger partial charge < -0.3 is 23.8 Å². The van der Waals surface area contributed by atoms with Gasteiger partial charge in [0.1, 0.15) is 12.7 Å². The van der Waals surface area contributed by atoms with E-state index in [9.17, 15) is 4.79 Å². The van der Waals surface area contributed by atoms with Crippen LogP contribution < -0.4 is 19.1 Å². The van der Waals surface area contributed by atoms with E-state index < -0.39 is 0 Å². The molecule has 1 aromatic carbocycles. The molecule has 31 heavy (non-hydrogen) atoms. The van der Waals surface area contributed by atoms with E-state index in [1.807, 2.05) is 0 Å². The van der Waals surface area contributed by atoms with Gasteiger partial charge in [0.15, 0.2) is 11.5 Å². The fourth-order valence-electron chi connectivity index (χ4n) is 8.06. The lowest BCUT2D eigenvalue weighted by molar-refractivity contribution is -0.143. The van der Waals surface area contributed by atoms with Crippen molar-refractivity contribution in [3.63, 3.8) is 0 Å². The smallest absolute Gasteiger partial charge is 0.307 e. The van der Waals surface area contributed by atoms with Crippen molar-refractivity contribution in [2.75, 3.05) is 38.8 Å². The standard InChI is InChI=1S/C24H28N2O5/c1-13-12-30-21-19-14(9-15(28-2)20(21)29-3)24-6-8-25-7-4-5-23(22(24)25)11-18(27)31-17(23)10-16(24)26(13)19/h4-5,9,13,16-17,22H,6-8,10-12H2,1-3H3. The molecule has 164 valence electrons. The summed E-state index contributed by atoms with van der Waals surface area (Å²) in [6.45, 7) is 4.80. The second kappa shape index (κ2) is 5.68. The zero-order chi connectivity index (χ0) is 21.1. The third-order valence-electron chi connectivity index (χ3n) is 8.94. The van der Waals surface area contributed by atoms with Crippen molar-refractivity contribution in [3.8, 4) is 17.2 Å². The number of anilines is 1. The molecule has 1 saturated carbocycles. The molecule has 7 nitrogen and oxygen atoms in total. The van der Waals surface area contributed by atoms with Crippen LogP contribution in [0.2, 0.25) is 0 Å². The lowest BCUT2D eigenvalue weighted by Gasteiger charge is -2.57. The van der Waals surface area contributed by atoms with Gasteiger partial charge >= 0.3 is 5.97 Å². The van der Waals surface area contributed by atoms with Gasteiger partial charge in [0.25, 0.3) is 0 Å². The summed E-state index contributed by atoms with van der Waals surface area (Å²) >= 11 is 0. The SMILES string of the molecule is COc1cc2c3c(c1OC)OCC(C)N3C1CC3OC(=O)CC34C=CCN3CCC21C34. The van der Waals surface area contributed by atoms with Gasteiger partial charge in [-0.2, -0.15) is 0 Å². The number of rotatable bonds is 2. The van der Waals surface area contributed by atoms with Crippen LogP contribution in [0.4, 0.5) is 5.69 Å². The molecule has 7 rings (SSSR count). The highest BCUT2D eigenvalue weighted by molar-refractivity contribution is 5.82. The maximum absolute atomic E-state index is 12.6. The molecule has 2 saturated heterocycles. The van der Waals surface area contributed by atoms with Crippen molar-refractivity contribution < 1.29 is 23.7 Å². The van der Waals surface area contributed by atoms with Crippen molar-refractivity contribution in [3.05, 3.63) is 23.8 Å². The molecule has 0 bridgehead atoms. The van der Waals surface area contributed by atoms with E-state index in [0.717, 1.165) is 37.4 Å². The Bertz CT molecular complexity index is 1040. The number of benzene rings is 1. The molecular formula is C24H28N2O5. The van der Waals surface area contributed by atoms with Gasteiger partial charge in [-0.05, 0) is 31.5 Å². The van der Waals surface area contributed by atoms with Gasteiger partial charge in [-0.15, -0.1) is 0 Å². The van der Waals surface area contributed by atoms with Crippen LogP contribution in [-0.4, -0.2) is 69.0 Å². The van der Waals surface area contributed by atoms with Gasteiger partial charge in [0.2, 0.25) is 5.75 Å². The van der Waals surface area contributed by atoms with Gasteiger partial charge in [-0.3, -0.25) is 9.69 Å². The van der Waals surface area contributed by atoms with Gasteiger partial charge in [0.05, 0.1) is 37.8 Å². The normalized spacial score (nSPS) is 41.1. The molecule has 6 unspecified atom stereocenters. The first kappa shape index (κ1) is 18.2. The predicted octanol–water partition coefficient (Wildman–Crippen LogP) is 2.26. The minimum Gasteiger partial charge on any atom is -0.493 e. The molecule has 3 fully saturated rings. The molecule has 7 heteroatoms. The molecule has 0 aromatic heterocycles. The van der Waals surface area contributed by atoms with Crippen LogP contribution in [-0.2, 0) is 14.9 Å². The summed E-state index contributed by atoms with van der Waals surface area (Å²) in [5.41, 5.74) is 2.14. The Morgan fingerprint density at radius 3 is 2.94 bits per heavy atom. The second-order valence-corrected chi connectivity index (χ2v) is 10.0. The van der Waals surface area contributed by atoms with Crippen molar-refractivity contribution in [1.29, 1.82) is 0 Å². The van der Waals surface area contributed by atoms with Crippen molar-refractivity contribution in [1.82, 2.24) is 4.90 Å². The van der Waals surface area contributed by atoms with E-state index in [-0.39, 0.29) is 41.0 Å². The van der Waals surface area contributed by atoms with Crippen LogP contribution >= 0.6 is 0 Å². The lowest BCUT2D eigenvalue weighted by Crippen LogP contribution is -2.68. The summed E-state index contributed by atoms with van der Waals surface area (Å²) in [5.74, 6) is 2.15. The second-order valence-electron chi connectivity index (χ2n) is 10.0. The third kappa shape index (κ3) is 1.86. The highest BCUT2D eigenvalue weighted by Crippen LogP contribution is 2.69. The number of carbonyl (C=O) groups is 1. The molecule has 1 aromatic rings. The number of carbonyl (C=O) groups excluding carboxylic acids is 1. The van der Waals surface area contributed by atoms with Crippen molar-refractivity contribution >= 4 is 11.7 Å². The quantitative estimate of drug-likeness (QED) is 0.533. The molecule has 1 aliphatic carbocycles. The van der Waals surface area contributed by atoms with Crippen molar-refractivity contribution in [2.24, 2.45) is 5.41 Å². The number of ether oxygens (including phenoxy) is 4. The highest BCUT2D eigenvalue weighted by Gasteiger charge is 2.74. The molecule has 5 aliphatic heterocycles. The zero-order valence-electron chi connectivity index (χ0n) is 18.2. The Morgan fingerprint density at radius 2 is 2.13 bits per heavy atom. The van der Waals surface area contributed by atoms with E-state index in [2.05, 4.69) is 34.9 Å². The summed E-state index contributed by atoms with van der Waals surface area (Å²) in [6.07, 6.45) is 6.89. The minimum absolute atomic E-state index is 0.0539. The summed E-state index contributed by atoms with van der Waals surface area (Å²) in [6, 6.07) is 2.94. The first-order chi connectivity index (χ1) is 15.0. The van der Waals surface area contributed by atoms with Crippen molar-refractivity contribution in [2.45, 2.75) is 55.8 Å². The molecule has 2 spiro atoms. The molecule has 0 amide bonds. The lowest BCUT2D eigenvalue weighted by atomic mass is 9.53. The monoisotopic (exact) mass is 424 g/mol. The maximum atomic E-state index is 12.6. The Labute approximate surface area is 181 Å². The van der Waals surface area contributed by atoms with Gasteiger partial charge in [-0.25, -0.2) is 0 Å². The Morgan fingerprint density at radius 1 is 1.26 bits per heavy atom. The Kier molecular flexibility index (Phi) is 3.33. The third-order valence-corrected chi connectivity index (χ3v) is 8.94. The van der Waals surface area contributed by atoms with E-state index in [1.54, 1.807) is 14.2 Å². The molecular weight excluding hydrogens is 396 g/mol. The fraction of sp³-hybridized carbons (Fsp3) is 0.625. The average molecular weight is 424 g/mol. The van der Waals surface area contributed by atoms with Gasteiger partial charge in [0, 0.05) is 30.5 Å².